The SMILES string of the molecule is CN(O)Oc1cc(OCc2ccc(-c3ncc[nH]3)cc2)cnn1. The van der Waals surface area contributed by atoms with Gasteiger partial charge in [-0.1, -0.05) is 24.3 Å². The van der Waals surface area contributed by atoms with Crippen LogP contribution in [0.1, 0.15) is 5.56 Å². The molecule has 118 valence electrons. The molecule has 0 aliphatic rings. The van der Waals surface area contributed by atoms with Gasteiger partial charge in [-0.2, -0.15) is 5.10 Å². The molecule has 8 nitrogen and oxygen atoms in total. The second-order valence-electron chi connectivity index (χ2n) is 4.71. The summed E-state index contributed by atoms with van der Waals surface area (Å²) in [6.45, 7) is 0.374. The Bertz CT molecular complexity index is 744. The number of aromatic nitrogens is 4. The molecule has 2 heterocycles. The van der Waals surface area contributed by atoms with Crippen LogP contribution in [0.15, 0.2) is 48.9 Å². The van der Waals surface area contributed by atoms with E-state index in [2.05, 4.69) is 20.2 Å². The molecule has 0 bridgehead atoms. The highest BCUT2D eigenvalue weighted by Gasteiger charge is 2.04. The van der Waals surface area contributed by atoms with E-state index >= 15 is 0 Å². The lowest BCUT2D eigenvalue weighted by Gasteiger charge is -2.10. The molecule has 1 aromatic carbocycles. The Balaban J connectivity index is 1.62. The van der Waals surface area contributed by atoms with Gasteiger partial charge in [0.2, 0.25) is 0 Å². The van der Waals surface area contributed by atoms with Gasteiger partial charge in [0, 0.05) is 24.0 Å². The Labute approximate surface area is 132 Å². The molecule has 0 atom stereocenters. The van der Waals surface area contributed by atoms with Gasteiger partial charge in [0.15, 0.2) is 0 Å². The Kier molecular flexibility index (Phi) is 4.46. The maximum Gasteiger partial charge on any atom is 0.263 e. The zero-order chi connectivity index (χ0) is 16.1. The molecule has 3 rings (SSSR count). The van der Waals surface area contributed by atoms with Crippen molar-refractivity contribution in [2.75, 3.05) is 7.05 Å². The first-order valence-electron chi connectivity index (χ1n) is 6.85. The van der Waals surface area contributed by atoms with Gasteiger partial charge in [-0.3, -0.25) is 5.21 Å². The minimum Gasteiger partial charge on any atom is -0.487 e. The highest BCUT2D eigenvalue weighted by molar-refractivity contribution is 5.55. The number of benzene rings is 1. The molecule has 23 heavy (non-hydrogen) atoms. The van der Waals surface area contributed by atoms with E-state index in [4.69, 9.17) is 14.8 Å². The van der Waals surface area contributed by atoms with Crippen molar-refractivity contribution in [3.05, 3.63) is 54.5 Å². The minimum atomic E-state index is 0.140. The van der Waals surface area contributed by atoms with Crippen molar-refractivity contribution in [2.45, 2.75) is 6.61 Å². The van der Waals surface area contributed by atoms with Gasteiger partial charge in [-0.25, -0.2) is 4.98 Å². The highest BCUT2D eigenvalue weighted by Crippen LogP contribution is 2.18. The average molecular weight is 313 g/mol. The quantitative estimate of drug-likeness (QED) is 0.672. The van der Waals surface area contributed by atoms with Crippen molar-refractivity contribution in [1.29, 1.82) is 0 Å². The van der Waals surface area contributed by atoms with Crippen LogP contribution in [0.5, 0.6) is 11.6 Å². The Morgan fingerprint density at radius 3 is 2.78 bits per heavy atom. The van der Waals surface area contributed by atoms with E-state index in [-0.39, 0.29) is 5.88 Å². The van der Waals surface area contributed by atoms with Gasteiger partial charge in [0.05, 0.1) is 13.2 Å². The smallest absolute Gasteiger partial charge is 0.263 e. The molecular formula is C15H15N5O3. The summed E-state index contributed by atoms with van der Waals surface area (Å²) in [6, 6.07) is 9.41. The summed E-state index contributed by atoms with van der Waals surface area (Å²) < 4.78 is 5.64. The van der Waals surface area contributed by atoms with E-state index in [1.165, 1.54) is 19.3 Å². The molecule has 3 aromatic rings. The molecule has 0 saturated carbocycles. The molecule has 0 amide bonds. The summed E-state index contributed by atoms with van der Waals surface area (Å²) in [5.74, 6) is 1.46. The van der Waals surface area contributed by atoms with Crippen molar-refractivity contribution in [3.63, 3.8) is 0 Å². The first-order valence-corrected chi connectivity index (χ1v) is 6.85. The lowest BCUT2D eigenvalue weighted by molar-refractivity contribution is -0.264. The van der Waals surface area contributed by atoms with Crippen LogP contribution < -0.4 is 9.57 Å². The van der Waals surface area contributed by atoms with Crippen molar-refractivity contribution in [2.24, 2.45) is 0 Å². The standard InChI is InChI=1S/C15H15N5O3/c1-20(21)23-14-8-13(9-18-19-14)22-10-11-2-4-12(5-3-11)15-16-6-7-17-15/h2-9,21H,10H2,1H3,(H,16,17). The summed E-state index contributed by atoms with van der Waals surface area (Å²) in [6.07, 6.45) is 4.97. The molecule has 2 N–H and O–H groups in total. The molecule has 0 aliphatic carbocycles. The van der Waals surface area contributed by atoms with Crippen LogP contribution in [-0.2, 0) is 6.61 Å². The molecule has 0 saturated heterocycles. The van der Waals surface area contributed by atoms with Crippen molar-refractivity contribution in [1.82, 2.24) is 25.4 Å². The van der Waals surface area contributed by atoms with E-state index in [0.717, 1.165) is 17.0 Å². The third kappa shape index (κ3) is 4.02. The normalized spacial score (nSPS) is 10.7. The molecule has 0 spiro atoms. The fourth-order valence-corrected chi connectivity index (χ4v) is 1.94. The zero-order valence-corrected chi connectivity index (χ0v) is 12.4. The van der Waals surface area contributed by atoms with Gasteiger partial charge in [0.1, 0.15) is 18.2 Å². The molecule has 8 heteroatoms. The van der Waals surface area contributed by atoms with Gasteiger partial charge in [0.25, 0.3) is 5.88 Å². The van der Waals surface area contributed by atoms with Crippen LogP contribution in [-0.4, -0.2) is 37.6 Å². The monoisotopic (exact) mass is 313 g/mol. The number of rotatable bonds is 6. The van der Waals surface area contributed by atoms with Crippen LogP contribution in [0.2, 0.25) is 0 Å². The summed E-state index contributed by atoms with van der Waals surface area (Å²) >= 11 is 0. The summed E-state index contributed by atoms with van der Waals surface area (Å²) in [5.41, 5.74) is 2.00. The minimum absolute atomic E-state index is 0.140. The molecule has 2 aromatic heterocycles. The average Bonchev–Trinajstić information content (AvgIpc) is 3.08. The maximum atomic E-state index is 9.00. The predicted molar refractivity (Wildman–Crippen MR) is 80.6 cm³/mol. The summed E-state index contributed by atoms with van der Waals surface area (Å²) in [5, 5.41) is 17.0. The van der Waals surface area contributed by atoms with Crippen LogP contribution in [0.3, 0.4) is 0 Å². The largest absolute Gasteiger partial charge is 0.487 e. The van der Waals surface area contributed by atoms with Crippen molar-refractivity contribution in [3.8, 4) is 23.0 Å². The molecule has 0 fully saturated rings. The lowest BCUT2D eigenvalue weighted by atomic mass is 10.1. The topological polar surface area (TPSA) is 96.4 Å². The van der Waals surface area contributed by atoms with Gasteiger partial charge in [-0.15, -0.1) is 5.10 Å². The lowest BCUT2D eigenvalue weighted by Crippen LogP contribution is -2.18. The summed E-state index contributed by atoms with van der Waals surface area (Å²) in [4.78, 5) is 12.1. The van der Waals surface area contributed by atoms with Gasteiger partial charge < -0.3 is 14.6 Å². The van der Waals surface area contributed by atoms with E-state index in [9.17, 15) is 0 Å². The first kappa shape index (κ1) is 14.9. The number of ether oxygens (including phenoxy) is 1. The van der Waals surface area contributed by atoms with Crippen molar-refractivity contribution >= 4 is 0 Å². The summed E-state index contributed by atoms with van der Waals surface area (Å²) in [7, 11) is 1.33. The van der Waals surface area contributed by atoms with E-state index < -0.39 is 0 Å². The number of imidazole rings is 1. The Morgan fingerprint density at radius 1 is 1.26 bits per heavy atom. The Hall–Kier alpha value is -2.97. The second-order valence-corrected chi connectivity index (χ2v) is 4.71. The molecular weight excluding hydrogens is 298 g/mol. The van der Waals surface area contributed by atoms with Gasteiger partial charge in [-0.05, 0) is 10.8 Å². The first-order chi connectivity index (χ1) is 11.2. The van der Waals surface area contributed by atoms with Crippen LogP contribution in [0.25, 0.3) is 11.4 Å². The number of hydrogen-bond donors (Lipinski definition) is 2. The van der Waals surface area contributed by atoms with Crippen LogP contribution in [0, 0.1) is 0 Å². The highest BCUT2D eigenvalue weighted by atomic mass is 16.9. The number of hydrogen-bond acceptors (Lipinski definition) is 7. The van der Waals surface area contributed by atoms with E-state index in [1.807, 2.05) is 24.3 Å². The molecule has 0 radical (unpaired) electrons. The number of nitrogens with zero attached hydrogens (tertiary/aromatic N) is 4. The number of nitrogens with one attached hydrogen (secondary N) is 1. The van der Waals surface area contributed by atoms with E-state index in [1.54, 1.807) is 12.4 Å². The molecule has 0 unspecified atom stereocenters. The predicted octanol–water partition coefficient (Wildman–Crippen LogP) is 2.06. The Morgan fingerprint density at radius 2 is 2.09 bits per heavy atom. The van der Waals surface area contributed by atoms with Crippen LogP contribution >= 0.6 is 0 Å². The zero-order valence-electron chi connectivity index (χ0n) is 12.4. The fraction of sp³-hybridized carbons (Fsp3) is 0.133. The third-order valence-electron chi connectivity index (χ3n) is 2.96. The van der Waals surface area contributed by atoms with Gasteiger partial charge >= 0.3 is 0 Å². The van der Waals surface area contributed by atoms with Crippen LogP contribution in [0.4, 0.5) is 0 Å². The fourth-order valence-electron chi connectivity index (χ4n) is 1.94. The van der Waals surface area contributed by atoms with E-state index in [0.29, 0.717) is 17.6 Å². The third-order valence-corrected chi connectivity index (χ3v) is 2.96. The molecule has 0 aliphatic heterocycles. The number of H-pyrrole nitrogens is 1. The number of aromatic amines is 1. The second kappa shape index (κ2) is 6.86. The number of hydroxylamine groups is 2. The van der Waals surface area contributed by atoms with Crippen molar-refractivity contribution < 1.29 is 14.8 Å². The maximum absolute atomic E-state index is 9.00.